The summed E-state index contributed by atoms with van der Waals surface area (Å²) in [5.41, 5.74) is 1.67. The molecule has 0 radical (unpaired) electrons. The summed E-state index contributed by atoms with van der Waals surface area (Å²) < 4.78 is 5.57. The van der Waals surface area contributed by atoms with E-state index in [4.69, 9.17) is 16.3 Å². The highest BCUT2D eigenvalue weighted by Gasteiger charge is 2.25. The van der Waals surface area contributed by atoms with Gasteiger partial charge in [-0.15, -0.1) is 0 Å². The highest BCUT2D eigenvalue weighted by atomic mass is 35.5. The molecule has 0 aliphatic carbocycles. The first-order valence-corrected chi connectivity index (χ1v) is 7.29. The van der Waals surface area contributed by atoms with Crippen LogP contribution in [0.4, 0.5) is 5.69 Å². The molecule has 0 fully saturated rings. The number of nitrogens with zero attached hydrogens (tertiary/aromatic N) is 1. The standard InChI is InChI=1S/C17H14ClNO3/c1-11(20)12-5-6-16-15(10-12)19(7-8-22-16)17(21)13-3-2-4-14(18)9-13/h2-6,9-10H,7-8H2,1H3. The fourth-order valence-corrected chi connectivity index (χ4v) is 2.62. The van der Waals surface area contributed by atoms with Crippen LogP contribution in [0.1, 0.15) is 27.6 Å². The molecule has 1 aliphatic heterocycles. The van der Waals surface area contributed by atoms with E-state index in [1.807, 2.05) is 0 Å². The molecule has 2 aromatic rings. The Morgan fingerprint density at radius 1 is 1.14 bits per heavy atom. The fourth-order valence-electron chi connectivity index (χ4n) is 2.42. The van der Waals surface area contributed by atoms with Gasteiger partial charge in [0.1, 0.15) is 12.4 Å². The Hall–Kier alpha value is -2.33. The number of Topliss-reactive ketones (excluding diaryl/α,β-unsaturated/α-hetero) is 1. The van der Waals surface area contributed by atoms with E-state index in [-0.39, 0.29) is 11.7 Å². The van der Waals surface area contributed by atoms with Crippen molar-refractivity contribution < 1.29 is 14.3 Å². The van der Waals surface area contributed by atoms with E-state index >= 15 is 0 Å². The minimum absolute atomic E-state index is 0.0523. The fraction of sp³-hybridized carbons (Fsp3) is 0.176. The molecule has 0 saturated carbocycles. The number of hydrogen-bond acceptors (Lipinski definition) is 3. The molecule has 0 bridgehead atoms. The molecular weight excluding hydrogens is 302 g/mol. The van der Waals surface area contributed by atoms with Gasteiger partial charge in [-0.05, 0) is 43.3 Å². The van der Waals surface area contributed by atoms with Crippen molar-refractivity contribution in [3.05, 3.63) is 58.6 Å². The van der Waals surface area contributed by atoms with Crippen molar-refractivity contribution in [2.24, 2.45) is 0 Å². The first kappa shape index (κ1) is 14.6. The van der Waals surface area contributed by atoms with E-state index in [0.717, 1.165) is 0 Å². The predicted molar refractivity (Wildman–Crippen MR) is 85.1 cm³/mol. The van der Waals surface area contributed by atoms with Gasteiger partial charge in [-0.25, -0.2) is 0 Å². The van der Waals surface area contributed by atoms with Crippen LogP contribution in [-0.2, 0) is 0 Å². The van der Waals surface area contributed by atoms with Gasteiger partial charge in [-0.2, -0.15) is 0 Å². The topological polar surface area (TPSA) is 46.6 Å². The molecule has 3 rings (SSSR count). The van der Waals surface area contributed by atoms with E-state index < -0.39 is 0 Å². The zero-order valence-electron chi connectivity index (χ0n) is 12.0. The van der Waals surface area contributed by atoms with E-state index in [1.165, 1.54) is 6.92 Å². The van der Waals surface area contributed by atoms with Crippen LogP contribution in [-0.4, -0.2) is 24.8 Å². The predicted octanol–water partition coefficient (Wildman–Crippen LogP) is 3.58. The first-order chi connectivity index (χ1) is 10.6. The zero-order valence-corrected chi connectivity index (χ0v) is 12.8. The van der Waals surface area contributed by atoms with Crippen LogP contribution >= 0.6 is 11.6 Å². The smallest absolute Gasteiger partial charge is 0.258 e. The maximum absolute atomic E-state index is 12.7. The minimum atomic E-state index is -0.159. The number of carbonyl (C=O) groups is 2. The monoisotopic (exact) mass is 315 g/mol. The van der Waals surface area contributed by atoms with Crippen LogP contribution in [0.3, 0.4) is 0 Å². The largest absolute Gasteiger partial charge is 0.490 e. The average Bonchev–Trinajstić information content (AvgIpc) is 2.53. The van der Waals surface area contributed by atoms with Gasteiger partial charge in [0.2, 0.25) is 0 Å². The summed E-state index contributed by atoms with van der Waals surface area (Å²) in [5.74, 6) is 0.392. The van der Waals surface area contributed by atoms with E-state index in [1.54, 1.807) is 47.4 Å². The van der Waals surface area contributed by atoms with Gasteiger partial charge < -0.3 is 9.64 Å². The van der Waals surface area contributed by atoms with Crippen molar-refractivity contribution in [1.29, 1.82) is 0 Å². The number of hydrogen-bond donors (Lipinski definition) is 0. The van der Waals surface area contributed by atoms with Crippen molar-refractivity contribution in [2.45, 2.75) is 6.92 Å². The third kappa shape index (κ3) is 2.70. The Morgan fingerprint density at radius 2 is 1.95 bits per heavy atom. The van der Waals surface area contributed by atoms with Crippen LogP contribution in [0.5, 0.6) is 5.75 Å². The van der Waals surface area contributed by atoms with Gasteiger partial charge >= 0.3 is 0 Å². The third-order valence-electron chi connectivity index (χ3n) is 3.55. The summed E-state index contributed by atoms with van der Waals surface area (Å²) in [4.78, 5) is 25.9. The lowest BCUT2D eigenvalue weighted by molar-refractivity contribution is 0.0973. The number of benzene rings is 2. The molecule has 2 aromatic carbocycles. The Morgan fingerprint density at radius 3 is 2.68 bits per heavy atom. The van der Waals surface area contributed by atoms with Crippen LogP contribution in [0, 0.1) is 0 Å². The Bertz CT molecular complexity index is 757. The second kappa shape index (κ2) is 5.81. The quantitative estimate of drug-likeness (QED) is 0.796. The molecule has 0 aromatic heterocycles. The molecule has 0 N–H and O–H groups in total. The molecular formula is C17H14ClNO3. The van der Waals surface area contributed by atoms with Gasteiger partial charge in [0.25, 0.3) is 5.91 Å². The number of ether oxygens (including phenoxy) is 1. The van der Waals surface area contributed by atoms with Crippen molar-refractivity contribution in [3.63, 3.8) is 0 Å². The number of halogens is 1. The highest BCUT2D eigenvalue weighted by molar-refractivity contribution is 6.31. The summed E-state index contributed by atoms with van der Waals surface area (Å²) in [6.07, 6.45) is 0. The molecule has 0 saturated heterocycles. The third-order valence-corrected chi connectivity index (χ3v) is 3.78. The van der Waals surface area contributed by atoms with Crippen molar-refractivity contribution in [2.75, 3.05) is 18.1 Å². The van der Waals surface area contributed by atoms with E-state index in [9.17, 15) is 9.59 Å². The van der Waals surface area contributed by atoms with Gasteiger partial charge in [-0.1, -0.05) is 17.7 Å². The minimum Gasteiger partial charge on any atom is -0.490 e. The Labute approximate surface area is 133 Å². The second-order valence-corrected chi connectivity index (χ2v) is 5.49. The van der Waals surface area contributed by atoms with Gasteiger partial charge in [0.15, 0.2) is 5.78 Å². The number of ketones is 1. The number of carbonyl (C=O) groups excluding carboxylic acids is 2. The van der Waals surface area contributed by atoms with Crippen molar-refractivity contribution in [1.82, 2.24) is 0 Å². The van der Waals surface area contributed by atoms with Crippen molar-refractivity contribution in [3.8, 4) is 5.75 Å². The average molecular weight is 316 g/mol. The summed E-state index contributed by atoms with van der Waals surface area (Å²) >= 11 is 5.95. The molecule has 0 unspecified atom stereocenters. The molecule has 0 spiro atoms. The molecule has 1 heterocycles. The van der Waals surface area contributed by atoms with Crippen molar-refractivity contribution >= 4 is 29.0 Å². The summed E-state index contributed by atoms with van der Waals surface area (Å²) in [6.45, 7) is 2.34. The van der Waals surface area contributed by atoms with Crippen LogP contribution in [0.25, 0.3) is 0 Å². The SMILES string of the molecule is CC(=O)c1ccc2c(c1)N(C(=O)c1cccc(Cl)c1)CCO2. The van der Waals surface area contributed by atoms with Crippen LogP contribution in [0.2, 0.25) is 5.02 Å². The molecule has 0 atom stereocenters. The lowest BCUT2D eigenvalue weighted by atomic mass is 10.1. The second-order valence-electron chi connectivity index (χ2n) is 5.05. The Balaban J connectivity index is 2.02. The molecule has 4 nitrogen and oxygen atoms in total. The van der Waals surface area contributed by atoms with E-state index in [2.05, 4.69) is 0 Å². The normalized spacial score (nSPS) is 13.3. The summed E-state index contributed by atoms with van der Waals surface area (Å²) in [7, 11) is 0. The van der Waals surface area contributed by atoms with Crippen LogP contribution < -0.4 is 9.64 Å². The van der Waals surface area contributed by atoms with Gasteiger partial charge in [0, 0.05) is 16.1 Å². The molecule has 1 aliphatic rings. The lowest BCUT2D eigenvalue weighted by Gasteiger charge is -2.30. The number of rotatable bonds is 2. The zero-order chi connectivity index (χ0) is 15.7. The first-order valence-electron chi connectivity index (χ1n) is 6.91. The number of fused-ring (bicyclic) bond motifs is 1. The summed E-state index contributed by atoms with van der Waals surface area (Å²) in [5, 5.41) is 0.511. The molecule has 5 heteroatoms. The number of amides is 1. The summed E-state index contributed by atoms with van der Waals surface area (Å²) in [6, 6.07) is 11.9. The van der Waals surface area contributed by atoms with E-state index in [0.29, 0.717) is 40.7 Å². The molecule has 22 heavy (non-hydrogen) atoms. The molecule has 112 valence electrons. The van der Waals surface area contributed by atoms with Gasteiger partial charge in [0.05, 0.1) is 12.2 Å². The highest BCUT2D eigenvalue weighted by Crippen LogP contribution is 2.33. The maximum Gasteiger partial charge on any atom is 0.258 e. The lowest BCUT2D eigenvalue weighted by Crippen LogP contribution is -2.38. The Kier molecular flexibility index (Phi) is 3.86. The maximum atomic E-state index is 12.7. The van der Waals surface area contributed by atoms with Crippen LogP contribution in [0.15, 0.2) is 42.5 Å². The van der Waals surface area contributed by atoms with Gasteiger partial charge in [-0.3, -0.25) is 9.59 Å². The number of anilines is 1. The molecule has 1 amide bonds.